The van der Waals surface area contributed by atoms with Gasteiger partial charge in [0.1, 0.15) is 11.3 Å². The minimum Gasteiger partial charge on any atom is -0.508 e. The molecule has 0 atom stereocenters. The van der Waals surface area contributed by atoms with E-state index in [1.54, 1.807) is 24.4 Å². The van der Waals surface area contributed by atoms with E-state index >= 15 is 0 Å². The van der Waals surface area contributed by atoms with Crippen LogP contribution in [-0.4, -0.2) is 37.7 Å². The van der Waals surface area contributed by atoms with Crippen molar-refractivity contribution in [2.75, 3.05) is 18.4 Å². The average Bonchev–Trinajstić information content (AvgIpc) is 2.85. The largest absolute Gasteiger partial charge is 0.508 e. The highest BCUT2D eigenvalue weighted by Gasteiger charge is 2.12. The molecule has 3 rings (SSSR count). The van der Waals surface area contributed by atoms with Gasteiger partial charge in [0.2, 0.25) is 5.95 Å². The van der Waals surface area contributed by atoms with Crippen molar-refractivity contribution >= 4 is 17.1 Å². The monoisotopic (exact) mass is 314 g/mol. The van der Waals surface area contributed by atoms with Crippen LogP contribution in [0.25, 0.3) is 11.2 Å². The first-order valence-electron chi connectivity index (χ1n) is 7.35. The second kappa shape index (κ2) is 6.49. The maximum Gasteiger partial charge on any atom is 0.328 e. The number of aromatic hydroxyl groups is 1. The molecule has 0 saturated carbocycles. The Kier molecular flexibility index (Phi) is 4.24. The molecular formula is C15H18N6O2. The Morgan fingerprint density at radius 1 is 1.35 bits per heavy atom. The fourth-order valence-electron chi connectivity index (χ4n) is 2.29. The van der Waals surface area contributed by atoms with E-state index in [4.69, 9.17) is 5.73 Å². The predicted molar refractivity (Wildman–Crippen MR) is 87.5 cm³/mol. The van der Waals surface area contributed by atoms with Crippen LogP contribution in [0.3, 0.4) is 0 Å². The number of imidazole rings is 1. The number of para-hydroxylation sites is 1. The Bertz CT molecular complexity index is 870. The Morgan fingerprint density at radius 3 is 2.96 bits per heavy atom. The molecule has 23 heavy (non-hydrogen) atoms. The van der Waals surface area contributed by atoms with E-state index in [9.17, 15) is 9.90 Å². The number of H-pyrrole nitrogens is 1. The zero-order valence-corrected chi connectivity index (χ0v) is 12.5. The zero-order valence-electron chi connectivity index (χ0n) is 12.5. The van der Waals surface area contributed by atoms with Gasteiger partial charge in [0, 0.05) is 12.1 Å². The van der Waals surface area contributed by atoms with Crippen molar-refractivity contribution in [2.45, 2.75) is 13.0 Å². The van der Waals surface area contributed by atoms with Gasteiger partial charge in [-0.25, -0.2) is 9.78 Å². The van der Waals surface area contributed by atoms with Gasteiger partial charge in [0.15, 0.2) is 5.65 Å². The molecule has 2 heterocycles. The number of aromatic amines is 1. The molecule has 2 aromatic heterocycles. The third kappa shape index (κ3) is 3.16. The molecule has 5 N–H and O–H groups in total. The molecule has 0 saturated heterocycles. The van der Waals surface area contributed by atoms with E-state index < -0.39 is 0 Å². The lowest BCUT2D eigenvalue weighted by molar-refractivity contribution is 0.466. The molecule has 8 nitrogen and oxygen atoms in total. The molecule has 0 aliphatic rings. The number of phenols is 1. The number of anilines is 1. The summed E-state index contributed by atoms with van der Waals surface area (Å²) in [6.45, 7) is 1.47. The number of nitrogens with one attached hydrogen (secondary N) is 2. The van der Waals surface area contributed by atoms with E-state index in [2.05, 4.69) is 20.3 Å². The molecule has 3 aromatic rings. The summed E-state index contributed by atoms with van der Waals surface area (Å²) < 4.78 is 1.47. The van der Waals surface area contributed by atoms with Crippen LogP contribution in [0.4, 0.5) is 5.95 Å². The summed E-state index contributed by atoms with van der Waals surface area (Å²) in [7, 11) is 0. The first-order chi connectivity index (χ1) is 11.2. The first-order valence-corrected chi connectivity index (χ1v) is 7.35. The Labute approximate surface area is 132 Å². The van der Waals surface area contributed by atoms with Crippen LogP contribution in [0.5, 0.6) is 5.75 Å². The number of phenolic OH excluding ortho intramolecular Hbond substituents is 1. The molecule has 0 fully saturated rings. The summed E-state index contributed by atoms with van der Waals surface area (Å²) in [6.07, 6.45) is 2.37. The van der Waals surface area contributed by atoms with E-state index in [0.717, 1.165) is 6.42 Å². The third-order valence-corrected chi connectivity index (χ3v) is 3.50. The van der Waals surface area contributed by atoms with Gasteiger partial charge in [-0.15, -0.1) is 0 Å². The van der Waals surface area contributed by atoms with Crippen molar-refractivity contribution in [3.8, 4) is 5.75 Å². The molecule has 0 aliphatic carbocycles. The molecule has 0 unspecified atom stereocenters. The minimum absolute atomic E-state index is 0.143. The van der Waals surface area contributed by atoms with Gasteiger partial charge < -0.3 is 21.1 Å². The topological polar surface area (TPSA) is 122 Å². The van der Waals surface area contributed by atoms with E-state index in [1.807, 2.05) is 6.07 Å². The van der Waals surface area contributed by atoms with Crippen molar-refractivity contribution in [1.29, 1.82) is 0 Å². The van der Waals surface area contributed by atoms with Crippen LogP contribution >= 0.6 is 0 Å². The van der Waals surface area contributed by atoms with Crippen molar-refractivity contribution in [3.05, 3.63) is 46.5 Å². The summed E-state index contributed by atoms with van der Waals surface area (Å²) in [6, 6.07) is 6.90. The molecular weight excluding hydrogens is 296 g/mol. The standard InChI is InChI=1S/C15H18N6O2/c16-6-3-7-17-14-18-8-11-13(20-14)21(15(23)19-11)9-10-4-1-2-5-12(10)22/h1-2,4-5,8,22H,3,6-7,9,16H2,(H,19,23)(H,17,18,20). The maximum atomic E-state index is 12.1. The molecule has 0 radical (unpaired) electrons. The lowest BCUT2D eigenvalue weighted by atomic mass is 10.2. The molecule has 0 spiro atoms. The summed E-state index contributed by atoms with van der Waals surface area (Å²) in [5.41, 5.74) is 6.85. The highest BCUT2D eigenvalue weighted by atomic mass is 16.3. The van der Waals surface area contributed by atoms with Crippen LogP contribution in [0.15, 0.2) is 35.3 Å². The van der Waals surface area contributed by atoms with Gasteiger partial charge in [-0.05, 0) is 19.0 Å². The number of nitrogens with two attached hydrogens (primary N) is 1. The smallest absolute Gasteiger partial charge is 0.328 e. The second-order valence-corrected chi connectivity index (χ2v) is 5.14. The van der Waals surface area contributed by atoms with E-state index in [-0.39, 0.29) is 18.0 Å². The summed E-state index contributed by atoms with van der Waals surface area (Å²) in [5, 5.41) is 13.0. The van der Waals surface area contributed by atoms with E-state index in [1.165, 1.54) is 4.57 Å². The quantitative estimate of drug-likeness (QED) is 0.495. The van der Waals surface area contributed by atoms with Gasteiger partial charge in [-0.2, -0.15) is 4.98 Å². The Balaban J connectivity index is 1.95. The summed E-state index contributed by atoms with van der Waals surface area (Å²) in [5.74, 6) is 0.583. The lowest BCUT2D eigenvalue weighted by Crippen LogP contribution is -2.18. The van der Waals surface area contributed by atoms with E-state index in [0.29, 0.717) is 35.8 Å². The molecule has 0 aliphatic heterocycles. The SMILES string of the molecule is NCCCNc1ncc2[nH]c(=O)n(Cc3ccccc3O)c2n1. The van der Waals surface area contributed by atoms with Crippen molar-refractivity contribution < 1.29 is 5.11 Å². The fraction of sp³-hybridized carbons (Fsp3) is 0.267. The fourth-order valence-corrected chi connectivity index (χ4v) is 2.29. The molecule has 120 valence electrons. The predicted octanol–water partition coefficient (Wildman–Crippen LogP) is 0.634. The van der Waals surface area contributed by atoms with Crippen molar-refractivity contribution in [3.63, 3.8) is 0 Å². The second-order valence-electron chi connectivity index (χ2n) is 5.14. The number of fused-ring (bicyclic) bond motifs is 1. The van der Waals surface area contributed by atoms with Gasteiger partial charge >= 0.3 is 5.69 Å². The molecule has 0 bridgehead atoms. The van der Waals surface area contributed by atoms with Gasteiger partial charge in [0.05, 0.1) is 12.7 Å². The van der Waals surface area contributed by atoms with Gasteiger partial charge in [-0.1, -0.05) is 18.2 Å². The van der Waals surface area contributed by atoms with Crippen LogP contribution < -0.4 is 16.7 Å². The first kappa shape index (κ1) is 15.0. The number of hydrogen-bond donors (Lipinski definition) is 4. The van der Waals surface area contributed by atoms with Crippen molar-refractivity contribution in [1.82, 2.24) is 19.5 Å². The van der Waals surface area contributed by atoms with Crippen LogP contribution in [0.1, 0.15) is 12.0 Å². The number of hydrogen-bond acceptors (Lipinski definition) is 6. The molecule has 8 heteroatoms. The Hall–Kier alpha value is -2.87. The molecule has 1 aromatic carbocycles. The normalized spacial score (nSPS) is 11.0. The van der Waals surface area contributed by atoms with Crippen molar-refractivity contribution in [2.24, 2.45) is 5.73 Å². The van der Waals surface area contributed by atoms with Crippen LogP contribution in [-0.2, 0) is 6.54 Å². The van der Waals surface area contributed by atoms with Gasteiger partial charge in [0.25, 0.3) is 0 Å². The number of nitrogens with zero attached hydrogens (tertiary/aromatic N) is 3. The highest BCUT2D eigenvalue weighted by molar-refractivity contribution is 5.71. The summed E-state index contributed by atoms with van der Waals surface area (Å²) in [4.78, 5) is 23.4. The number of aromatic nitrogens is 4. The summed E-state index contributed by atoms with van der Waals surface area (Å²) >= 11 is 0. The number of benzene rings is 1. The van der Waals surface area contributed by atoms with Gasteiger partial charge in [-0.3, -0.25) is 4.57 Å². The lowest BCUT2D eigenvalue weighted by Gasteiger charge is -2.07. The number of rotatable bonds is 6. The van der Waals surface area contributed by atoms with Crippen LogP contribution in [0, 0.1) is 0 Å². The minimum atomic E-state index is -0.295. The van der Waals surface area contributed by atoms with Crippen LogP contribution in [0.2, 0.25) is 0 Å². The third-order valence-electron chi connectivity index (χ3n) is 3.50. The zero-order chi connectivity index (χ0) is 16.2. The molecule has 0 amide bonds. The Morgan fingerprint density at radius 2 is 2.17 bits per heavy atom. The average molecular weight is 314 g/mol. The highest BCUT2D eigenvalue weighted by Crippen LogP contribution is 2.18. The maximum absolute atomic E-state index is 12.1.